The maximum absolute atomic E-state index is 11.8. The summed E-state index contributed by atoms with van der Waals surface area (Å²) in [6.07, 6.45) is -0.272. The molecule has 3 N–H and O–H groups in total. The van der Waals surface area contributed by atoms with Gasteiger partial charge in [-0.15, -0.1) is 0 Å². The molecule has 1 fully saturated rings. The van der Waals surface area contributed by atoms with Gasteiger partial charge < -0.3 is 15.6 Å². The number of aliphatic imine (C=N–C) groups is 1. The predicted octanol–water partition coefficient (Wildman–Crippen LogP) is 3.13. The molecule has 2 atom stereocenters. The first kappa shape index (κ1) is 17.1. The molecule has 2 heterocycles. The highest BCUT2D eigenvalue weighted by atomic mass is 32.2. The molecule has 0 saturated carbocycles. The fraction of sp³-hybridized carbons (Fsp3) is 0.529. The van der Waals surface area contributed by atoms with E-state index in [0.717, 1.165) is 12.0 Å². The van der Waals surface area contributed by atoms with E-state index in [2.05, 4.69) is 0 Å². The molecule has 1 aromatic carbocycles. The van der Waals surface area contributed by atoms with Gasteiger partial charge in [0.25, 0.3) is 0 Å². The minimum atomic E-state index is -0.990. The number of carbonyl (C=O) groups is 1. The molecule has 3 rings (SSSR count). The van der Waals surface area contributed by atoms with E-state index in [4.69, 9.17) is 15.5 Å². The van der Waals surface area contributed by atoms with Crippen LogP contribution in [0.15, 0.2) is 29.3 Å². The van der Waals surface area contributed by atoms with Crippen LogP contribution >= 0.6 is 11.8 Å². The van der Waals surface area contributed by atoms with Crippen molar-refractivity contribution in [3.8, 4) is 0 Å². The van der Waals surface area contributed by atoms with Gasteiger partial charge in [-0.3, -0.25) is 4.90 Å². The van der Waals surface area contributed by atoms with E-state index in [9.17, 15) is 9.90 Å². The van der Waals surface area contributed by atoms with Gasteiger partial charge >= 0.3 is 6.09 Å². The molecule has 0 aromatic heterocycles. The second kappa shape index (κ2) is 5.97. The zero-order valence-electron chi connectivity index (χ0n) is 14.2. The Morgan fingerprint density at radius 3 is 2.88 bits per heavy atom. The fourth-order valence-electron chi connectivity index (χ4n) is 3.26. The molecule has 1 amide bonds. The summed E-state index contributed by atoms with van der Waals surface area (Å²) >= 11 is 1.49. The van der Waals surface area contributed by atoms with Crippen LogP contribution in [0, 0.1) is 0 Å². The van der Waals surface area contributed by atoms with E-state index in [1.165, 1.54) is 16.7 Å². The smallest absolute Gasteiger partial charge is 0.413 e. The molecule has 6 nitrogen and oxygen atoms in total. The van der Waals surface area contributed by atoms with Crippen molar-refractivity contribution in [3.63, 3.8) is 0 Å². The van der Waals surface area contributed by atoms with Crippen LogP contribution in [0.4, 0.5) is 10.5 Å². The molecule has 0 unspecified atom stereocenters. The van der Waals surface area contributed by atoms with Crippen molar-refractivity contribution >= 4 is 28.7 Å². The molecular formula is C17H23N3O3S. The van der Waals surface area contributed by atoms with Crippen molar-refractivity contribution in [2.45, 2.75) is 43.5 Å². The van der Waals surface area contributed by atoms with Crippen molar-refractivity contribution in [3.05, 3.63) is 29.8 Å². The van der Waals surface area contributed by atoms with Gasteiger partial charge in [0.1, 0.15) is 5.54 Å². The number of amides is 1. The molecule has 0 spiro atoms. The number of nitrogens with zero attached hydrogens (tertiary/aromatic N) is 2. The molecule has 24 heavy (non-hydrogen) atoms. The number of thioether (sulfide) groups is 1. The number of fused-ring (bicyclic) bond motifs is 1. The summed E-state index contributed by atoms with van der Waals surface area (Å²) in [5, 5.41) is 10.3. The number of anilines is 1. The lowest BCUT2D eigenvalue weighted by Gasteiger charge is -2.36. The molecule has 130 valence electrons. The van der Waals surface area contributed by atoms with Gasteiger partial charge in [-0.2, -0.15) is 0 Å². The number of nitrogens with two attached hydrogens (primary N) is 1. The molecule has 0 radical (unpaired) electrons. The fourth-order valence-corrected chi connectivity index (χ4v) is 4.86. The summed E-state index contributed by atoms with van der Waals surface area (Å²) in [5.41, 5.74) is 6.63. The number of amidine groups is 1. The summed E-state index contributed by atoms with van der Waals surface area (Å²) in [5.74, 6) is 0. The lowest BCUT2D eigenvalue weighted by molar-refractivity contribution is 0.0609. The van der Waals surface area contributed by atoms with Crippen molar-refractivity contribution in [1.29, 1.82) is 0 Å². The second-order valence-corrected chi connectivity index (χ2v) is 8.33. The number of nitrogen functional groups attached to an aromatic ring is 1. The van der Waals surface area contributed by atoms with Crippen LogP contribution in [0.2, 0.25) is 0 Å². The zero-order chi connectivity index (χ0) is 17.5. The van der Waals surface area contributed by atoms with Gasteiger partial charge in [0.15, 0.2) is 5.17 Å². The molecule has 2 aliphatic heterocycles. The van der Waals surface area contributed by atoms with Crippen molar-refractivity contribution in [2.24, 2.45) is 4.99 Å². The number of ether oxygens (including phenoxy) is 1. The van der Waals surface area contributed by atoms with Crippen LogP contribution in [0.1, 0.15) is 32.8 Å². The Balaban J connectivity index is 2.08. The van der Waals surface area contributed by atoms with Crippen LogP contribution in [-0.4, -0.2) is 45.3 Å². The van der Waals surface area contributed by atoms with Crippen LogP contribution < -0.4 is 5.73 Å². The quantitative estimate of drug-likeness (QED) is 0.761. The maximum atomic E-state index is 11.8. The number of carboxylic acid groups (broad SMARTS) is 1. The summed E-state index contributed by atoms with van der Waals surface area (Å²) in [4.78, 5) is 18.1. The number of benzene rings is 1. The third kappa shape index (κ3) is 2.86. The third-order valence-electron chi connectivity index (χ3n) is 4.41. The molecule has 7 heteroatoms. The van der Waals surface area contributed by atoms with Crippen LogP contribution in [0.25, 0.3) is 0 Å². The Hall–Kier alpha value is -1.73. The highest BCUT2D eigenvalue weighted by Crippen LogP contribution is 2.49. The third-order valence-corrected chi connectivity index (χ3v) is 5.71. The summed E-state index contributed by atoms with van der Waals surface area (Å²) in [6.45, 7) is 6.76. The lowest BCUT2D eigenvalue weighted by atomic mass is 9.83. The Morgan fingerprint density at radius 2 is 2.25 bits per heavy atom. The molecule has 1 saturated heterocycles. The lowest BCUT2D eigenvalue weighted by Crippen LogP contribution is -2.47. The SMILES string of the molecule is CC(C)(C)N(C(=O)O)C1=N[C@]2(c3cccc(N)c3)CCOC[C@H]2S1. The summed E-state index contributed by atoms with van der Waals surface area (Å²) < 4.78 is 5.64. The first-order chi connectivity index (χ1) is 11.2. The minimum absolute atomic E-state index is 0.0484. The normalized spacial score (nSPS) is 26.6. The molecular weight excluding hydrogens is 326 g/mol. The zero-order valence-corrected chi connectivity index (χ0v) is 15.0. The average Bonchev–Trinajstić information content (AvgIpc) is 2.85. The van der Waals surface area contributed by atoms with E-state index in [1.54, 1.807) is 0 Å². The molecule has 0 aliphatic carbocycles. The minimum Gasteiger partial charge on any atom is -0.465 e. The van der Waals surface area contributed by atoms with E-state index in [1.807, 2.05) is 45.0 Å². The Bertz CT molecular complexity index is 686. The van der Waals surface area contributed by atoms with E-state index in [-0.39, 0.29) is 5.25 Å². The van der Waals surface area contributed by atoms with Gasteiger partial charge in [0.05, 0.1) is 11.9 Å². The first-order valence-electron chi connectivity index (χ1n) is 7.97. The Labute approximate surface area is 146 Å². The largest absolute Gasteiger partial charge is 0.465 e. The van der Waals surface area contributed by atoms with Gasteiger partial charge in [-0.1, -0.05) is 23.9 Å². The van der Waals surface area contributed by atoms with Crippen LogP contribution in [0.3, 0.4) is 0 Å². The Morgan fingerprint density at radius 1 is 1.50 bits per heavy atom. The van der Waals surface area contributed by atoms with E-state index < -0.39 is 17.2 Å². The van der Waals surface area contributed by atoms with Gasteiger partial charge in [-0.25, -0.2) is 9.79 Å². The average molecular weight is 349 g/mol. The predicted molar refractivity (Wildman–Crippen MR) is 96.4 cm³/mol. The van der Waals surface area contributed by atoms with E-state index >= 15 is 0 Å². The second-order valence-electron chi connectivity index (χ2n) is 7.16. The standard InChI is InChI=1S/C17H23N3O3S/c1-16(2,3)20(15(21)22)14-19-17(7-8-23-10-13(17)24-14)11-5-4-6-12(18)9-11/h4-6,9,13H,7-8,10,18H2,1-3H3,(H,21,22)/t13-,17+/m1/s1. The van der Waals surface area contributed by atoms with Crippen molar-refractivity contribution in [2.75, 3.05) is 18.9 Å². The topological polar surface area (TPSA) is 88.2 Å². The molecule has 0 bridgehead atoms. The van der Waals surface area contributed by atoms with Gasteiger partial charge in [0, 0.05) is 24.3 Å². The highest BCUT2D eigenvalue weighted by molar-refractivity contribution is 8.14. The van der Waals surface area contributed by atoms with Crippen LogP contribution in [-0.2, 0) is 10.3 Å². The summed E-state index contributed by atoms with van der Waals surface area (Å²) in [7, 11) is 0. The van der Waals surface area contributed by atoms with Gasteiger partial charge in [-0.05, 0) is 38.5 Å². The first-order valence-corrected chi connectivity index (χ1v) is 8.85. The molecule has 2 aliphatic rings. The summed E-state index contributed by atoms with van der Waals surface area (Å²) in [6, 6.07) is 7.72. The van der Waals surface area contributed by atoms with E-state index in [0.29, 0.717) is 24.1 Å². The van der Waals surface area contributed by atoms with Crippen molar-refractivity contribution < 1.29 is 14.6 Å². The van der Waals surface area contributed by atoms with Crippen molar-refractivity contribution in [1.82, 2.24) is 4.90 Å². The molecule has 1 aromatic rings. The number of hydrogen-bond acceptors (Lipinski definition) is 5. The van der Waals surface area contributed by atoms with Crippen LogP contribution in [0.5, 0.6) is 0 Å². The van der Waals surface area contributed by atoms with Gasteiger partial charge in [0.2, 0.25) is 0 Å². The maximum Gasteiger partial charge on any atom is 0.413 e. The number of rotatable bonds is 1. The number of hydrogen-bond donors (Lipinski definition) is 2. The Kier molecular flexibility index (Phi) is 4.25. The highest BCUT2D eigenvalue weighted by Gasteiger charge is 2.51. The monoisotopic (exact) mass is 349 g/mol.